The molecule has 2 aromatic carbocycles. The normalized spacial score (nSPS) is 11.1. The number of methoxy groups -OCH3 is 1. The molecule has 10 heteroatoms. The Hall–Kier alpha value is -4.31. The lowest BCUT2D eigenvalue weighted by molar-refractivity contribution is 0.0691. The number of nitrogens with zero attached hydrogens (tertiary/aromatic N) is 4. The predicted octanol–water partition coefficient (Wildman–Crippen LogP) is 5.49. The van der Waals surface area contributed by atoms with E-state index in [2.05, 4.69) is 20.3 Å². The molecule has 0 bridgehead atoms. The molecule has 2 N–H and O–H groups in total. The molecule has 3 aromatic heterocycles. The van der Waals surface area contributed by atoms with Crippen LogP contribution in [0.2, 0.25) is 0 Å². The topological polar surface area (TPSA) is 102 Å². The maximum Gasteiger partial charge on any atom is 0.355 e. The number of carboxylic acid groups (broad SMARTS) is 1. The largest absolute Gasteiger partial charge is 0.496 e. The lowest BCUT2D eigenvalue weighted by atomic mass is 10.1. The summed E-state index contributed by atoms with van der Waals surface area (Å²) in [6, 6.07) is 14.4. The number of hydrogen-bond acceptors (Lipinski definition) is 7. The van der Waals surface area contributed by atoms with Gasteiger partial charge in [-0.15, -0.1) is 11.3 Å². The molecule has 0 aliphatic heterocycles. The van der Waals surface area contributed by atoms with Gasteiger partial charge in [-0.25, -0.2) is 24.1 Å². The second kappa shape index (κ2) is 9.74. The van der Waals surface area contributed by atoms with Crippen molar-refractivity contribution in [2.75, 3.05) is 19.0 Å². The Kier molecular flexibility index (Phi) is 6.34. The Bertz CT molecular complexity index is 1560. The van der Waals surface area contributed by atoms with Gasteiger partial charge in [0.05, 0.1) is 18.3 Å². The van der Waals surface area contributed by atoms with Gasteiger partial charge in [0, 0.05) is 46.7 Å². The van der Waals surface area contributed by atoms with E-state index in [1.807, 2.05) is 47.9 Å². The molecule has 0 fully saturated rings. The van der Waals surface area contributed by atoms with Crippen molar-refractivity contribution in [3.63, 3.8) is 0 Å². The number of fused-ring (bicyclic) bond motifs is 1. The number of carbonyl (C=O) groups is 1. The molecule has 0 unspecified atom stereocenters. The zero-order valence-electron chi connectivity index (χ0n) is 19.5. The summed E-state index contributed by atoms with van der Waals surface area (Å²) < 4.78 is 21.9. The summed E-state index contributed by atoms with van der Waals surface area (Å²) in [4.78, 5) is 23.9. The highest BCUT2D eigenvalue weighted by molar-refractivity contribution is 7.13. The third-order valence-electron chi connectivity index (χ3n) is 5.86. The number of hydrogen-bond donors (Lipinski definition) is 2. The molecule has 0 amide bonds. The van der Waals surface area contributed by atoms with Gasteiger partial charge in [0.15, 0.2) is 5.69 Å². The molecule has 8 nitrogen and oxygen atoms in total. The van der Waals surface area contributed by atoms with Crippen LogP contribution in [0.3, 0.4) is 0 Å². The maximum atomic E-state index is 14.6. The van der Waals surface area contributed by atoms with Crippen molar-refractivity contribution in [1.29, 1.82) is 0 Å². The van der Waals surface area contributed by atoms with Crippen molar-refractivity contribution in [1.82, 2.24) is 19.5 Å². The van der Waals surface area contributed by atoms with Gasteiger partial charge in [0.2, 0.25) is 0 Å². The number of halogens is 1. The summed E-state index contributed by atoms with van der Waals surface area (Å²) in [5.41, 5.74) is 3.96. The fourth-order valence-corrected chi connectivity index (χ4v) is 4.90. The van der Waals surface area contributed by atoms with Crippen molar-refractivity contribution in [2.24, 2.45) is 0 Å². The van der Waals surface area contributed by atoms with Crippen LogP contribution in [0.15, 0.2) is 60.2 Å². The van der Waals surface area contributed by atoms with Crippen LogP contribution in [0.5, 0.6) is 5.75 Å². The van der Waals surface area contributed by atoms with Crippen molar-refractivity contribution in [3.05, 3.63) is 77.4 Å². The van der Waals surface area contributed by atoms with E-state index < -0.39 is 5.97 Å². The number of nitrogens with one attached hydrogen (secondary N) is 1. The molecule has 0 atom stereocenters. The highest BCUT2D eigenvalue weighted by Crippen LogP contribution is 2.31. The summed E-state index contributed by atoms with van der Waals surface area (Å²) in [6.45, 7) is 3.02. The third-order valence-corrected chi connectivity index (χ3v) is 6.75. The first-order valence-corrected chi connectivity index (χ1v) is 12.0. The Labute approximate surface area is 210 Å². The van der Waals surface area contributed by atoms with Gasteiger partial charge in [-0.1, -0.05) is 24.3 Å². The Morgan fingerprint density at radius 3 is 2.64 bits per heavy atom. The first-order chi connectivity index (χ1) is 17.4. The zero-order chi connectivity index (χ0) is 25.2. The summed E-state index contributed by atoms with van der Waals surface area (Å²) in [6.07, 6.45) is 1.49. The molecule has 0 spiro atoms. The van der Waals surface area contributed by atoms with Gasteiger partial charge in [-0.05, 0) is 25.1 Å². The maximum absolute atomic E-state index is 14.6. The number of benzene rings is 2. The molecule has 0 radical (unpaired) electrons. The van der Waals surface area contributed by atoms with Crippen molar-refractivity contribution >= 4 is 34.0 Å². The zero-order valence-corrected chi connectivity index (χ0v) is 20.3. The Morgan fingerprint density at radius 1 is 1.14 bits per heavy atom. The molecular weight excluding hydrogens is 481 g/mol. The van der Waals surface area contributed by atoms with Crippen molar-refractivity contribution in [3.8, 4) is 27.6 Å². The summed E-state index contributed by atoms with van der Waals surface area (Å²) in [7, 11) is 1.58. The first-order valence-electron chi connectivity index (χ1n) is 11.1. The van der Waals surface area contributed by atoms with E-state index in [1.54, 1.807) is 13.2 Å². The lowest BCUT2D eigenvalue weighted by Crippen LogP contribution is -2.13. The van der Waals surface area contributed by atoms with Crippen LogP contribution in [0.25, 0.3) is 32.7 Å². The van der Waals surface area contributed by atoms with Crippen LogP contribution in [-0.2, 0) is 6.54 Å². The van der Waals surface area contributed by atoms with Gasteiger partial charge >= 0.3 is 5.97 Å². The average molecular weight is 504 g/mol. The fourth-order valence-electron chi connectivity index (χ4n) is 4.10. The standard InChI is InChI=1S/C26H22FN5O3S/c1-15-11-18-22(35-2)8-7-19(27)24(18)32(15)10-9-28-23-12-20(29-14-30-23)16-3-5-17(6-4-16)25-31-21(13-36-25)26(33)34/h3-8,11-14H,9-10H2,1-2H3,(H,33,34)(H,28,29,30). The van der Waals surface area contributed by atoms with E-state index in [0.717, 1.165) is 27.9 Å². The van der Waals surface area contributed by atoms with E-state index in [9.17, 15) is 9.18 Å². The van der Waals surface area contributed by atoms with Crippen LogP contribution in [0.4, 0.5) is 10.2 Å². The Morgan fingerprint density at radius 2 is 1.92 bits per heavy atom. The van der Waals surface area contributed by atoms with Crippen LogP contribution in [0, 0.1) is 12.7 Å². The second-order valence-electron chi connectivity index (χ2n) is 8.08. The molecular formula is C26H22FN5O3S. The fraction of sp³-hybridized carbons (Fsp3) is 0.154. The van der Waals surface area contributed by atoms with Gasteiger partial charge in [-0.2, -0.15) is 0 Å². The van der Waals surface area contributed by atoms with Gasteiger partial charge in [0.25, 0.3) is 0 Å². The number of aromatic nitrogens is 4. The van der Waals surface area contributed by atoms with E-state index in [0.29, 0.717) is 35.2 Å². The minimum atomic E-state index is -1.04. The monoisotopic (exact) mass is 503 g/mol. The molecule has 36 heavy (non-hydrogen) atoms. The highest BCUT2D eigenvalue weighted by atomic mass is 32.1. The summed E-state index contributed by atoms with van der Waals surface area (Å²) >= 11 is 1.29. The average Bonchev–Trinajstić information content (AvgIpc) is 3.51. The number of aromatic carboxylic acids is 1. The van der Waals surface area contributed by atoms with Crippen LogP contribution < -0.4 is 10.1 Å². The summed E-state index contributed by atoms with van der Waals surface area (Å²) in [5.74, 6) is -0.0316. The molecule has 0 saturated carbocycles. The number of ether oxygens (including phenoxy) is 1. The lowest BCUT2D eigenvalue weighted by Gasteiger charge is -2.12. The minimum Gasteiger partial charge on any atom is -0.496 e. The highest BCUT2D eigenvalue weighted by Gasteiger charge is 2.14. The van der Waals surface area contributed by atoms with Gasteiger partial charge < -0.3 is 19.7 Å². The minimum absolute atomic E-state index is 0.0376. The molecule has 5 rings (SSSR count). The van der Waals surface area contributed by atoms with E-state index in [4.69, 9.17) is 9.84 Å². The smallest absolute Gasteiger partial charge is 0.355 e. The van der Waals surface area contributed by atoms with Crippen LogP contribution in [-0.4, -0.2) is 44.2 Å². The van der Waals surface area contributed by atoms with Crippen molar-refractivity contribution in [2.45, 2.75) is 13.5 Å². The number of aryl methyl sites for hydroxylation is 1. The molecule has 0 aliphatic carbocycles. The number of thiazole rings is 1. The third kappa shape index (κ3) is 4.50. The SMILES string of the molecule is COc1ccc(F)c2c1cc(C)n2CCNc1cc(-c2ccc(-c3nc(C(=O)O)cs3)cc2)ncn1. The van der Waals surface area contributed by atoms with Crippen LogP contribution in [0.1, 0.15) is 16.2 Å². The van der Waals surface area contributed by atoms with E-state index in [-0.39, 0.29) is 11.5 Å². The molecule has 5 aromatic rings. The molecule has 0 aliphatic rings. The Balaban J connectivity index is 1.29. The van der Waals surface area contributed by atoms with Gasteiger partial charge in [0.1, 0.15) is 28.7 Å². The molecule has 0 saturated heterocycles. The molecule has 3 heterocycles. The molecule has 182 valence electrons. The predicted molar refractivity (Wildman–Crippen MR) is 137 cm³/mol. The van der Waals surface area contributed by atoms with Crippen molar-refractivity contribution < 1.29 is 19.0 Å². The van der Waals surface area contributed by atoms with E-state index in [1.165, 1.54) is 29.1 Å². The number of rotatable bonds is 8. The number of carboxylic acids is 1. The van der Waals surface area contributed by atoms with Crippen LogP contribution >= 0.6 is 11.3 Å². The van der Waals surface area contributed by atoms with Gasteiger partial charge in [-0.3, -0.25) is 0 Å². The summed E-state index contributed by atoms with van der Waals surface area (Å²) in [5, 5.41) is 15.3. The second-order valence-corrected chi connectivity index (χ2v) is 8.94. The van der Waals surface area contributed by atoms with E-state index >= 15 is 0 Å². The number of anilines is 1. The quantitative estimate of drug-likeness (QED) is 0.289. The first kappa shape index (κ1) is 23.4.